The standard InChI is InChI=1S/C13H21NO3/c15-12(14-9-5-1-2-6-9)10-7-3-4-8-11(10)13(16)17/h9-11H,1-8H2,(H,14,15)(H,16,17)/p-1/t10-,11-/m0/s1. The van der Waals surface area contributed by atoms with E-state index in [1.807, 2.05) is 0 Å². The van der Waals surface area contributed by atoms with Crippen molar-refractivity contribution in [1.29, 1.82) is 0 Å². The molecule has 2 aliphatic rings. The van der Waals surface area contributed by atoms with Crippen LogP contribution in [-0.2, 0) is 9.59 Å². The van der Waals surface area contributed by atoms with Crippen LogP contribution < -0.4 is 10.4 Å². The normalized spacial score (nSPS) is 30.1. The van der Waals surface area contributed by atoms with Crippen LogP contribution in [0.5, 0.6) is 0 Å². The number of carboxylic acid groups (broad SMARTS) is 1. The van der Waals surface area contributed by atoms with Crippen molar-refractivity contribution >= 4 is 11.9 Å². The van der Waals surface area contributed by atoms with Crippen LogP contribution in [0.2, 0.25) is 0 Å². The Kier molecular flexibility index (Phi) is 4.02. The van der Waals surface area contributed by atoms with Gasteiger partial charge in [0, 0.05) is 23.8 Å². The summed E-state index contributed by atoms with van der Waals surface area (Å²) in [5.74, 6) is -2.07. The second-order valence-electron chi connectivity index (χ2n) is 5.31. The molecular formula is C13H20NO3-. The van der Waals surface area contributed by atoms with Gasteiger partial charge >= 0.3 is 0 Å². The highest BCUT2D eigenvalue weighted by Gasteiger charge is 2.32. The van der Waals surface area contributed by atoms with Gasteiger partial charge in [-0.05, 0) is 25.7 Å². The summed E-state index contributed by atoms with van der Waals surface area (Å²) in [6, 6.07) is 0.270. The van der Waals surface area contributed by atoms with Crippen LogP contribution in [0.15, 0.2) is 0 Å². The first-order chi connectivity index (χ1) is 8.18. The van der Waals surface area contributed by atoms with E-state index in [1.54, 1.807) is 0 Å². The highest BCUT2D eigenvalue weighted by atomic mass is 16.4. The second kappa shape index (κ2) is 5.52. The summed E-state index contributed by atoms with van der Waals surface area (Å²) in [7, 11) is 0. The Morgan fingerprint density at radius 1 is 0.882 bits per heavy atom. The third-order valence-electron chi connectivity index (χ3n) is 4.11. The van der Waals surface area contributed by atoms with Gasteiger partial charge in [0.2, 0.25) is 5.91 Å². The molecule has 0 radical (unpaired) electrons. The van der Waals surface area contributed by atoms with Crippen LogP contribution in [-0.4, -0.2) is 17.9 Å². The fourth-order valence-electron chi connectivity index (χ4n) is 3.11. The van der Waals surface area contributed by atoms with E-state index in [1.165, 1.54) is 12.8 Å². The average Bonchev–Trinajstić information content (AvgIpc) is 2.81. The van der Waals surface area contributed by atoms with E-state index in [4.69, 9.17) is 0 Å². The maximum Gasteiger partial charge on any atom is 0.223 e. The number of aliphatic carboxylic acids is 1. The van der Waals surface area contributed by atoms with Gasteiger partial charge < -0.3 is 15.2 Å². The van der Waals surface area contributed by atoms with Gasteiger partial charge in [0.05, 0.1) is 0 Å². The van der Waals surface area contributed by atoms with Crippen LogP contribution in [0.25, 0.3) is 0 Å². The van der Waals surface area contributed by atoms with Crippen LogP contribution in [0.1, 0.15) is 51.4 Å². The summed E-state index contributed by atoms with van der Waals surface area (Å²) in [5.41, 5.74) is 0. The van der Waals surface area contributed by atoms with Crippen LogP contribution in [0, 0.1) is 11.8 Å². The molecule has 4 nitrogen and oxygen atoms in total. The van der Waals surface area contributed by atoms with E-state index in [9.17, 15) is 14.7 Å². The molecule has 4 heteroatoms. The van der Waals surface area contributed by atoms with E-state index in [2.05, 4.69) is 5.32 Å². The molecule has 1 N–H and O–H groups in total. The highest BCUT2D eigenvalue weighted by molar-refractivity contribution is 5.84. The number of carboxylic acids is 1. The molecule has 2 aliphatic carbocycles. The molecule has 17 heavy (non-hydrogen) atoms. The van der Waals surface area contributed by atoms with Gasteiger partial charge in [-0.15, -0.1) is 0 Å². The number of carbonyl (C=O) groups excluding carboxylic acids is 2. The van der Waals surface area contributed by atoms with Crippen molar-refractivity contribution in [1.82, 2.24) is 5.32 Å². The lowest BCUT2D eigenvalue weighted by Gasteiger charge is -2.32. The lowest BCUT2D eigenvalue weighted by Crippen LogP contribution is -2.46. The average molecular weight is 238 g/mol. The predicted molar refractivity (Wildman–Crippen MR) is 60.9 cm³/mol. The molecule has 0 saturated heterocycles. The van der Waals surface area contributed by atoms with Gasteiger partial charge in [-0.2, -0.15) is 0 Å². The number of amides is 1. The lowest BCUT2D eigenvalue weighted by atomic mass is 9.78. The quantitative estimate of drug-likeness (QED) is 0.783. The molecular weight excluding hydrogens is 218 g/mol. The smallest absolute Gasteiger partial charge is 0.223 e. The maximum absolute atomic E-state index is 12.1. The van der Waals surface area contributed by atoms with E-state index < -0.39 is 11.9 Å². The first-order valence-corrected chi connectivity index (χ1v) is 6.69. The van der Waals surface area contributed by atoms with Crippen molar-refractivity contribution in [3.05, 3.63) is 0 Å². The van der Waals surface area contributed by atoms with Gasteiger partial charge in [-0.3, -0.25) is 4.79 Å². The van der Waals surface area contributed by atoms with Gasteiger partial charge in [0.25, 0.3) is 0 Å². The largest absolute Gasteiger partial charge is 0.550 e. The molecule has 2 saturated carbocycles. The minimum atomic E-state index is -1.06. The number of carbonyl (C=O) groups is 2. The van der Waals surface area contributed by atoms with Gasteiger partial charge in [0.1, 0.15) is 0 Å². The first kappa shape index (κ1) is 12.4. The summed E-state index contributed by atoms with van der Waals surface area (Å²) in [5, 5.41) is 14.0. The van der Waals surface area contributed by atoms with E-state index in [0.717, 1.165) is 25.7 Å². The second-order valence-corrected chi connectivity index (χ2v) is 5.31. The third-order valence-corrected chi connectivity index (χ3v) is 4.11. The number of hydrogen-bond donors (Lipinski definition) is 1. The molecule has 0 spiro atoms. The lowest BCUT2D eigenvalue weighted by molar-refractivity contribution is -0.314. The molecule has 96 valence electrons. The number of nitrogens with one attached hydrogen (secondary N) is 1. The maximum atomic E-state index is 12.1. The molecule has 2 fully saturated rings. The summed E-state index contributed by atoms with van der Waals surface area (Å²) < 4.78 is 0. The highest BCUT2D eigenvalue weighted by Crippen LogP contribution is 2.30. The molecule has 0 aliphatic heterocycles. The van der Waals surface area contributed by atoms with E-state index in [0.29, 0.717) is 12.8 Å². The van der Waals surface area contributed by atoms with Crippen molar-refractivity contribution in [3.8, 4) is 0 Å². The molecule has 0 aromatic carbocycles. The minimum absolute atomic E-state index is 0.0641. The van der Waals surface area contributed by atoms with Gasteiger partial charge in [0.15, 0.2) is 0 Å². The molecule has 2 rings (SSSR count). The molecule has 0 aromatic heterocycles. The van der Waals surface area contributed by atoms with E-state index in [-0.39, 0.29) is 17.9 Å². The summed E-state index contributed by atoms with van der Waals surface area (Å²) in [4.78, 5) is 23.1. The zero-order valence-corrected chi connectivity index (χ0v) is 10.1. The van der Waals surface area contributed by atoms with Crippen molar-refractivity contribution in [2.24, 2.45) is 11.8 Å². The molecule has 0 aromatic rings. The van der Waals surface area contributed by atoms with Crippen LogP contribution in [0.4, 0.5) is 0 Å². The molecule has 1 amide bonds. The summed E-state index contributed by atoms with van der Waals surface area (Å²) in [6.07, 6.45) is 7.53. The molecule has 0 unspecified atom stereocenters. The van der Waals surface area contributed by atoms with Crippen molar-refractivity contribution in [2.45, 2.75) is 57.4 Å². The van der Waals surface area contributed by atoms with Gasteiger partial charge in [-0.25, -0.2) is 0 Å². The topological polar surface area (TPSA) is 69.2 Å². The zero-order valence-electron chi connectivity index (χ0n) is 10.1. The van der Waals surface area contributed by atoms with Crippen molar-refractivity contribution < 1.29 is 14.7 Å². The Labute approximate surface area is 102 Å². The fourth-order valence-corrected chi connectivity index (χ4v) is 3.11. The Bertz CT molecular complexity index is 297. The predicted octanol–water partition coefficient (Wildman–Crippen LogP) is 0.601. The van der Waals surface area contributed by atoms with Gasteiger partial charge in [-0.1, -0.05) is 25.7 Å². The summed E-state index contributed by atoms with van der Waals surface area (Å²) in [6.45, 7) is 0. The zero-order chi connectivity index (χ0) is 12.3. The summed E-state index contributed by atoms with van der Waals surface area (Å²) >= 11 is 0. The fraction of sp³-hybridized carbons (Fsp3) is 0.846. The van der Waals surface area contributed by atoms with Crippen molar-refractivity contribution in [3.63, 3.8) is 0 Å². The van der Waals surface area contributed by atoms with E-state index >= 15 is 0 Å². The Morgan fingerprint density at radius 2 is 1.41 bits per heavy atom. The molecule has 2 atom stereocenters. The minimum Gasteiger partial charge on any atom is -0.550 e. The van der Waals surface area contributed by atoms with Crippen LogP contribution >= 0.6 is 0 Å². The first-order valence-electron chi connectivity index (χ1n) is 6.69. The van der Waals surface area contributed by atoms with Crippen LogP contribution in [0.3, 0.4) is 0 Å². The Hall–Kier alpha value is -1.06. The third kappa shape index (κ3) is 2.99. The number of hydrogen-bond acceptors (Lipinski definition) is 3. The Balaban J connectivity index is 1.93. The molecule has 0 heterocycles. The monoisotopic (exact) mass is 238 g/mol. The Morgan fingerprint density at radius 3 is 2.00 bits per heavy atom. The SMILES string of the molecule is O=C([O-])[C@H]1CCCC[C@@H]1C(=O)NC1CCCC1. The number of rotatable bonds is 3. The molecule has 0 bridgehead atoms. The van der Waals surface area contributed by atoms with Crippen molar-refractivity contribution in [2.75, 3.05) is 0 Å².